The Morgan fingerprint density at radius 1 is 0.833 bits per heavy atom. The van der Waals surface area contributed by atoms with E-state index >= 15 is 0 Å². The summed E-state index contributed by atoms with van der Waals surface area (Å²) in [6.07, 6.45) is 12.6. The minimum Gasteiger partial charge on any atom is -0.392 e. The van der Waals surface area contributed by atoms with Crippen molar-refractivity contribution in [3.05, 3.63) is 66.9 Å². The first kappa shape index (κ1) is 27.5. The number of aliphatic hydroxyl groups is 2. The Hall–Kier alpha value is -1.58. The molecule has 0 amide bonds. The van der Waals surface area contributed by atoms with Crippen LogP contribution in [-0.2, 0) is 20.1 Å². The number of fused-ring (bicyclic) bond motifs is 2. The monoisotopic (exact) mass is 663 g/mol. The van der Waals surface area contributed by atoms with Crippen LogP contribution in [0.1, 0.15) is 64.7 Å². The van der Waals surface area contributed by atoms with Gasteiger partial charge in [0.1, 0.15) is 0 Å². The molecule has 1 aromatic heterocycles. The van der Waals surface area contributed by atoms with Gasteiger partial charge in [-0.1, -0.05) is 63.3 Å². The molecule has 3 aliphatic carbocycles. The van der Waals surface area contributed by atoms with Gasteiger partial charge in [-0.05, 0) is 71.9 Å². The van der Waals surface area contributed by atoms with Crippen molar-refractivity contribution in [3.8, 4) is 11.3 Å². The van der Waals surface area contributed by atoms with Crippen LogP contribution in [0.15, 0.2) is 60.8 Å². The molecular weight excluding hydrogens is 623 g/mol. The minimum atomic E-state index is -0.247. The predicted octanol–water partition coefficient (Wildman–Crippen LogP) is 7.06. The first-order valence-electron chi connectivity index (χ1n) is 13.8. The summed E-state index contributed by atoms with van der Waals surface area (Å²) in [6, 6.07) is 21.4. The predicted molar refractivity (Wildman–Crippen MR) is 143 cm³/mol. The van der Waals surface area contributed by atoms with Crippen LogP contribution in [0.3, 0.4) is 0 Å². The van der Waals surface area contributed by atoms with E-state index in [0.29, 0.717) is 17.8 Å². The SMILES string of the molecule is CC[C@H]1CCC2CC[C@H](C3CCCC3)C(O)C2C1O.[Ir].[c-]1ccccc1-c1nccc2ccccc12. The second-order valence-corrected chi connectivity index (χ2v) is 11.0. The summed E-state index contributed by atoms with van der Waals surface area (Å²) in [5.74, 6) is 2.42. The number of hydrogen-bond acceptors (Lipinski definition) is 3. The molecule has 6 rings (SSSR count). The van der Waals surface area contributed by atoms with Gasteiger partial charge < -0.3 is 15.2 Å². The van der Waals surface area contributed by atoms with Crippen LogP contribution in [0.5, 0.6) is 0 Å². The van der Waals surface area contributed by atoms with E-state index in [1.54, 1.807) is 0 Å². The molecule has 4 unspecified atom stereocenters. The fourth-order valence-corrected chi connectivity index (χ4v) is 7.29. The van der Waals surface area contributed by atoms with E-state index < -0.39 is 0 Å². The second-order valence-electron chi connectivity index (χ2n) is 11.0. The minimum absolute atomic E-state index is 0. The van der Waals surface area contributed by atoms with Gasteiger partial charge in [-0.15, -0.1) is 35.9 Å². The van der Waals surface area contributed by atoms with Crippen molar-refractivity contribution in [1.82, 2.24) is 4.98 Å². The number of hydrogen-bond donors (Lipinski definition) is 2. The van der Waals surface area contributed by atoms with Gasteiger partial charge in [-0.3, -0.25) is 0 Å². The van der Waals surface area contributed by atoms with E-state index in [1.165, 1.54) is 62.1 Å². The fraction of sp³-hybridized carbons (Fsp3) is 0.531. The molecule has 2 aromatic carbocycles. The van der Waals surface area contributed by atoms with Crippen LogP contribution in [0, 0.1) is 35.7 Å². The third kappa shape index (κ3) is 5.78. The van der Waals surface area contributed by atoms with E-state index in [0.717, 1.165) is 23.6 Å². The van der Waals surface area contributed by atoms with E-state index in [9.17, 15) is 10.2 Å². The zero-order valence-electron chi connectivity index (χ0n) is 21.4. The van der Waals surface area contributed by atoms with E-state index in [4.69, 9.17) is 0 Å². The quantitative estimate of drug-likeness (QED) is 0.296. The summed E-state index contributed by atoms with van der Waals surface area (Å²) >= 11 is 0. The molecule has 1 heterocycles. The van der Waals surface area contributed by atoms with Crippen LogP contribution < -0.4 is 0 Å². The molecule has 195 valence electrons. The Labute approximate surface area is 230 Å². The molecule has 0 spiro atoms. The number of nitrogens with zero attached hydrogens (tertiary/aromatic N) is 1. The number of benzene rings is 2. The van der Waals surface area contributed by atoms with Crippen molar-refractivity contribution >= 4 is 10.8 Å². The molecule has 3 nitrogen and oxygen atoms in total. The van der Waals surface area contributed by atoms with Crippen molar-refractivity contribution in [3.63, 3.8) is 0 Å². The molecule has 0 saturated heterocycles. The van der Waals surface area contributed by atoms with Gasteiger partial charge in [0.05, 0.1) is 12.2 Å². The Kier molecular flexibility index (Phi) is 9.75. The van der Waals surface area contributed by atoms with Gasteiger partial charge in [0.15, 0.2) is 0 Å². The Bertz CT molecular complexity index is 1080. The van der Waals surface area contributed by atoms with Crippen LogP contribution in [0.25, 0.3) is 22.0 Å². The first-order chi connectivity index (χ1) is 17.2. The van der Waals surface area contributed by atoms with E-state index in [-0.39, 0.29) is 38.2 Å². The Balaban J connectivity index is 0.000000167. The molecule has 0 bridgehead atoms. The summed E-state index contributed by atoms with van der Waals surface area (Å²) in [5.41, 5.74) is 2.04. The number of rotatable bonds is 3. The van der Waals surface area contributed by atoms with Crippen molar-refractivity contribution in [1.29, 1.82) is 0 Å². The molecule has 2 N–H and O–H groups in total. The van der Waals surface area contributed by atoms with Crippen molar-refractivity contribution < 1.29 is 30.3 Å². The number of aromatic nitrogens is 1. The zero-order chi connectivity index (χ0) is 24.2. The Morgan fingerprint density at radius 3 is 2.33 bits per heavy atom. The molecule has 3 aliphatic rings. The molecule has 3 aromatic rings. The van der Waals surface area contributed by atoms with Gasteiger partial charge in [0.25, 0.3) is 0 Å². The van der Waals surface area contributed by atoms with E-state index in [1.807, 2.05) is 48.7 Å². The molecule has 3 saturated carbocycles. The van der Waals surface area contributed by atoms with Crippen LogP contribution in [0.4, 0.5) is 0 Å². The van der Waals surface area contributed by atoms with Gasteiger partial charge in [-0.25, -0.2) is 0 Å². The maximum Gasteiger partial charge on any atom is 0.0626 e. The van der Waals surface area contributed by atoms with Crippen LogP contribution >= 0.6 is 0 Å². The first-order valence-corrected chi connectivity index (χ1v) is 13.8. The van der Waals surface area contributed by atoms with Crippen LogP contribution in [0.2, 0.25) is 0 Å². The van der Waals surface area contributed by atoms with Gasteiger partial charge in [-0.2, -0.15) is 0 Å². The summed E-state index contributed by atoms with van der Waals surface area (Å²) < 4.78 is 0. The molecule has 6 atom stereocenters. The summed E-state index contributed by atoms with van der Waals surface area (Å²) in [5, 5.41) is 23.9. The fourth-order valence-electron chi connectivity index (χ4n) is 7.29. The summed E-state index contributed by atoms with van der Waals surface area (Å²) in [6.45, 7) is 2.18. The molecule has 0 aliphatic heterocycles. The largest absolute Gasteiger partial charge is 0.392 e. The molecular formula is C32H40IrNO2-. The smallest absolute Gasteiger partial charge is 0.0626 e. The maximum absolute atomic E-state index is 10.8. The maximum atomic E-state index is 10.8. The van der Waals surface area contributed by atoms with Gasteiger partial charge in [0, 0.05) is 32.2 Å². The number of pyridine rings is 1. The number of aliphatic hydroxyl groups excluding tert-OH is 2. The Morgan fingerprint density at radius 2 is 1.58 bits per heavy atom. The average molecular weight is 663 g/mol. The molecule has 36 heavy (non-hydrogen) atoms. The van der Waals surface area contributed by atoms with Crippen molar-refractivity contribution in [2.45, 2.75) is 76.9 Å². The average Bonchev–Trinajstić information content (AvgIpc) is 3.44. The van der Waals surface area contributed by atoms with E-state index in [2.05, 4.69) is 30.1 Å². The molecule has 4 heteroatoms. The van der Waals surface area contributed by atoms with Gasteiger partial charge in [0.2, 0.25) is 0 Å². The standard InChI is InChI=1S/C17H30O2.C15H10N.Ir/c1-2-11-7-8-13-9-10-14(12-5-3-4-6-12)17(19)15(13)16(11)18;1-2-7-13(8-3-1)15-14-9-5-4-6-12(14)10-11-16-15;/h11-19H,2-10H2,1H3;1-7,9-11H;/q;-1;/t11-,13?,14+,15?,16?,17?;;/m0../s1. The third-order valence-electron chi connectivity index (χ3n) is 9.20. The molecule has 3 fully saturated rings. The van der Waals surface area contributed by atoms with Gasteiger partial charge >= 0.3 is 0 Å². The topological polar surface area (TPSA) is 53.4 Å². The normalized spacial score (nSPS) is 30.1. The van der Waals surface area contributed by atoms with Crippen molar-refractivity contribution in [2.24, 2.45) is 29.6 Å². The summed E-state index contributed by atoms with van der Waals surface area (Å²) in [4.78, 5) is 4.45. The molecule has 1 radical (unpaired) electrons. The third-order valence-corrected chi connectivity index (χ3v) is 9.20. The van der Waals surface area contributed by atoms with Crippen LogP contribution in [-0.4, -0.2) is 27.4 Å². The summed E-state index contributed by atoms with van der Waals surface area (Å²) in [7, 11) is 0. The van der Waals surface area contributed by atoms with Crippen molar-refractivity contribution in [2.75, 3.05) is 0 Å². The second kappa shape index (κ2) is 12.8. The zero-order valence-corrected chi connectivity index (χ0v) is 23.7.